The Morgan fingerprint density at radius 2 is 2.11 bits per heavy atom. The molecule has 5 heteroatoms. The van der Waals surface area contributed by atoms with Crippen molar-refractivity contribution >= 4 is 54.6 Å². The molecule has 1 aliphatic rings. The van der Waals surface area contributed by atoms with Gasteiger partial charge in [-0.25, -0.2) is 0 Å². The van der Waals surface area contributed by atoms with Gasteiger partial charge in [0.15, 0.2) is 0 Å². The SMILES string of the molecule is CCN1C(=O)C(=CC=C(Br)c2ccccc2)SC1=S. The van der Waals surface area contributed by atoms with E-state index in [0.29, 0.717) is 15.8 Å². The molecule has 1 aliphatic heterocycles. The molecule has 2 nitrogen and oxygen atoms in total. The Morgan fingerprint density at radius 3 is 2.68 bits per heavy atom. The van der Waals surface area contributed by atoms with Gasteiger partial charge in [-0.05, 0) is 24.6 Å². The summed E-state index contributed by atoms with van der Waals surface area (Å²) in [6, 6.07) is 9.93. The number of rotatable bonds is 3. The maximum atomic E-state index is 12.0. The van der Waals surface area contributed by atoms with Gasteiger partial charge in [0.2, 0.25) is 0 Å². The molecule has 98 valence electrons. The number of amides is 1. The molecular weight excluding hydrogens is 342 g/mol. The minimum absolute atomic E-state index is 0.0119. The van der Waals surface area contributed by atoms with E-state index in [-0.39, 0.29) is 5.91 Å². The Morgan fingerprint density at radius 1 is 1.42 bits per heavy atom. The highest BCUT2D eigenvalue weighted by atomic mass is 79.9. The molecule has 0 spiro atoms. The van der Waals surface area contributed by atoms with E-state index in [1.165, 1.54) is 11.8 Å². The highest BCUT2D eigenvalue weighted by Gasteiger charge is 2.30. The van der Waals surface area contributed by atoms with E-state index in [4.69, 9.17) is 12.2 Å². The number of thiocarbonyl (C=S) groups is 1. The fourth-order valence-electron chi connectivity index (χ4n) is 1.63. The van der Waals surface area contributed by atoms with E-state index < -0.39 is 0 Å². The topological polar surface area (TPSA) is 20.3 Å². The van der Waals surface area contributed by atoms with Gasteiger partial charge < -0.3 is 0 Å². The summed E-state index contributed by atoms with van der Waals surface area (Å²) >= 11 is 10.0. The first-order valence-corrected chi connectivity index (χ1v) is 7.82. The van der Waals surface area contributed by atoms with Gasteiger partial charge in [-0.3, -0.25) is 9.69 Å². The van der Waals surface area contributed by atoms with Gasteiger partial charge in [-0.1, -0.05) is 70.2 Å². The molecule has 1 aromatic rings. The monoisotopic (exact) mass is 353 g/mol. The van der Waals surface area contributed by atoms with Crippen LogP contribution in [0, 0.1) is 0 Å². The lowest BCUT2D eigenvalue weighted by Gasteiger charge is -2.09. The molecule has 0 aliphatic carbocycles. The number of allylic oxidation sites excluding steroid dienone is 2. The summed E-state index contributed by atoms with van der Waals surface area (Å²) in [6.45, 7) is 2.54. The number of carbonyl (C=O) groups excluding carboxylic acids is 1. The van der Waals surface area contributed by atoms with Crippen LogP contribution in [0.3, 0.4) is 0 Å². The molecule has 0 atom stereocenters. The average Bonchev–Trinajstić information content (AvgIpc) is 2.71. The van der Waals surface area contributed by atoms with Crippen molar-refractivity contribution in [1.29, 1.82) is 0 Å². The Kier molecular flexibility index (Phi) is 4.96. The molecule has 0 unspecified atom stereocenters. The van der Waals surface area contributed by atoms with Gasteiger partial charge in [0.1, 0.15) is 4.32 Å². The van der Waals surface area contributed by atoms with Crippen molar-refractivity contribution in [1.82, 2.24) is 4.90 Å². The van der Waals surface area contributed by atoms with Crippen LogP contribution in [-0.4, -0.2) is 21.7 Å². The minimum Gasteiger partial charge on any atom is -0.293 e. The van der Waals surface area contributed by atoms with E-state index in [9.17, 15) is 4.79 Å². The Bertz CT molecular complexity index is 566. The number of benzene rings is 1. The zero-order chi connectivity index (χ0) is 13.8. The van der Waals surface area contributed by atoms with E-state index in [1.54, 1.807) is 4.90 Å². The first kappa shape index (κ1) is 14.5. The molecule has 19 heavy (non-hydrogen) atoms. The number of halogens is 1. The van der Waals surface area contributed by atoms with E-state index in [0.717, 1.165) is 10.0 Å². The number of hydrogen-bond acceptors (Lipinski definition) is 3. The second-order valence-electron chi connectivity index (χ2n) is 3.83. The quantitative estimate of drug-likeness (QED) is 0.600. The summed E-state index contributed by atoms with van der Waals surface area (Å²) in [5.41, 5.74) is 1.07. The molecule has 1 amide bonds. The lowest BCUT2D eigenvalue weighted by Crippen LogP contribution is -2.27. The third-order valence-electron chi connectivity index (χ3n) is 2.62. The summed E-state index contributed by atoms with van der Waals surface area (Å²) in [7, 11) is 0. The van der Waals surface area contributed by atoms with Crippen molar-refractivity contribution in [2.24, 2.45) is 0 Å². The normalized spacial score (nSPS) is 18.5. The van der Waals surface area contributed by atoms with Gasteiger partial charge in [0.25, 0.3) is 5.91 Å². The van der Waals surface area contributed by atoms with Crippen molar-refractivity contribution in [2.45, 2.75) is 6.92 Å². The molecule has 1 fully saturated rings. The summed E-state index contributed by atoms with van der Waals surface area (Å²) in [5.74, 6) is -0.0119. The second kappa shape index (κ2) is 6.50. The van der Waals surface area contributed by atoms with Crippen molar-refractivity contribution < 1.29 is 4.79 Å². The molecule has 1 aromatic carbocycles. The van der Waals surface area contributed by atoms with Crippen LogP contribution < -0.4 is 0 Å². The van der Waals surface area contributed by atoms with Crippen LogP contribution >= 0.6 is 39.9 Å². The zero-order valence-corrected chi connectivity index (χ0v) is 13.5. The molecule has 1 heterocycles. The lowest BCUT2D eigenvalue weighted by atomic mass is 10.2. The van der Waals surface area contributed by atoms with Gasteiger partial charge in [-0.15, -0.1) is 0 Å². The number of hydrogen-bond donors (Lipinski definition) is 0. The smallest absolute Gasteiger partial charge is 0.266 e. The number of thioether (sulfide) groups is 1. The molecule has 0 N–H and O–H groups in total. The van der Waals surface area contributed by atoms with E-state index >= 15 is 0 Å². The number of likely N-dealkylation sites (N-methyl/N-ethyl adjacent to an activating group) is 1. The Balaban J connectivity index is 2.20. The van der Waals surface area contributed by atoms with Crippen molar-refractivity contribution in [3.63, 3.8) is 0 Å². The van der Waals surface area contributed by atoms with Crippen LogP contribution in [0.25, 0.3) is 4.48 Å². The third-order valence-corrected chi connectivity index (χ3v) is 4.74. The fourth-order valence-corrected chi connectivity index (χ4v) is 3.35. The van der Waals surface area contributed by atoms with Crippen LogP contribution in [-0.2, 0) is 4.79 Å². The first-order chi connectivity index (χ1) is 9.13. The minimum atomic E-state index is -0.0119. The van der Waals surface area contributed by atoms with Crippen molar-refractivity contribution in [3.8, 4) is 0 Å². The standard InChI is InChI=1S/C14H12BrNOS2/c1-2-16-13(17)12(19-14(16)18)9-8-11(15)10-6-4-3-5-7-10/h3-9H,2H2,1H3. The number of nitrogens with zero attached hydrogens (tertiary/aromatic N) is 1. The molecule has 0 bridgehead atoms. The Hall–Kier alpha value is -0.910. The van der Waals surface area contributed by atoms with Gasteiger partial charge in [0, 0.05) is 11.0 Å². The predicted molar refractivity (Wildman–Crippen MR) is 89.0 cm³/mol. The third kappa shape index (κ3) is 3.35. The highest BCUT2D eigenvalue weighted by Crippen LogP contribution is 2.31. The number of carbonyl (C=O) groups is 1. The van der Waals surface area contributed by atoms with Crippen LogP contribution in [0.4, 0.5) is 0 Å². The van der Waals surface area contributed by atoms with Crippen LogP contribution in [0.5, 0.6) is 0 Å². The van der Waals surface area contributed by atoms with Gasteiger partial charge in [0.05, 0.1) is 4.91 Å². The molecule has 2 rings (SSSR count). The maximum absolute atomic E-state index is 12.0. The highest BCUT2D eigenvalue weighted by molar-refractivity contribution is 9.15. The zero-order valence-electron chi connectivity index (χ0n) is 10.3. The molecule has 0 aromatic heterocycles. The van der Waals surface area contributed by atoms with Crippen molar-refractivity contribution in [2.75, 3.05) is 6.54 Å². The summed E-state index contributed by atoms with van der Waals surface area (Å²) in [6.07, 6.45) is 3.70. The molecule has 1 saturated heterocycles. The Labute approximate surface area is 130 Å². The van der Waals surface area contributed by atoms with E-state index in [2.05, 4.69) is 15.9 Å². The van der Waals surface area contributed by atoms with Crippen LogP contribution in [0.15, 0.2) is 47.4 Å². The van der Waals surface area contributed by atoms with Gasteiger partial charge in [-0.2, -0.15) is 0 Å². The van der Waals surface area contributed by atoms with Crippen LogP contribution in [0.2, 0.25) is 0 Å². The first-order valence-electron chi connectivity index (χ1n) is 5.80. The summed E-state index contributed by atoms with van der Waals surface area (Å²) in [4.78, 5) is 14.3. The van der Waals surface area contributed by atoms with Crippen LogP contribution in [0.1, 0.15) is 12.5 Å². The summed E-state index contributed by atoms with van der Waals surface area (Å²) < 4.78 is 1.57. The molecule has 0 saturated carbocycles. The largest absolute Gasteiger partial charge is 0.293 e. The second-order valence-corrected chi connectivity index (χ2v) is 6.36. The lowest BCUT2D eigenvalue weighted by molar-refractivity contribution is -0.122. The van der Waals surface area contributed by atoms with Gasteiger partial charge >= 0.3 is 0 Å². The predicted octanol–water partition coefficient (Wildman–Crippen LogP) is 4.19. The van der Waals surface area contributed by atoms with Crippen molar-refractivity contribution in [3.05, 3.63) is 53.0 Å². The molecular formula is C14H12BrNOS2. The fraction of sp³-hybridized carbons (Fsp3) is 0.143. The average molecular weight is 354 g/mol. The maximum Gasteiger partial charge on any atom is 0.266 e. The molecule has 0 radical (unpaired) electrons. The summed E-state index contributed by atoms with van der Waals surface area (Å²) in [5, 5.41) is 0. The van der Waals surface area contributed by atoms with E-state index in [1.807, 2.05) is 49.4 Å².